The van der Waals surface area contributed by atoms with Crippen LogP contribution in [0.3, 0.4) is 0 Å². The Balaban J connectivity index is 2.84. The van der Waals surface area contributed by atoms with E-state index in [0.717, 1.165) is 0 Å². The topological polar surface area (TPSA) is 87.9 Å². The maximum Gasteiger partial charge on any atom is 0.251 e. The van der Waals surface area contributed by atoms with Crippen molar-refractivity contribution in [3.63, 3.8) is 0 Å². The third-order valence-corrected chi connectivity index (χ3v) is 2.31. The number of carbonyl (C=O) groups is 1. The SMILES string of the molecule is Cc1nc(N(C)C)c2c(C(N)=O)c[nH]c2n1. The summed E-state index contributed by atoms with van der Waals surface area (Å²) >= 11 is 0. The second-order valence-corrected chi connectivity index (χ2v) is 3.78. The molecule has 0 aliphatic rings. The van der Waals surface area contributed by atoms with Crippen LogP contribution < -0.4 is 10.6 Å². The van der Waals surface area contributed by atoms with Gasteiger partial charge in [-0.05, 0) is 6.92 Å². The van der Waals surface area contributed by atoms with Crippen molar-refractivity contribution < 1.29 is 4.79 Å². The quantitative estimate of drug-likeness (QED) is 0.766. The molecule has 84 valence electrons. The van der Waals surface area contributed by atoms with Crippen LogP contribution in [0, 0.1) is 6.92 Å². The van der Waals surface area contributed by atoms with Crippen LogP contribution in [-0.4, -0.2) is 35.0 Å². The number of aromatic amines is 1. The van der Waals surface area contributed by atoms with E-state index < -0.39 is 5.91 Å². The molecule has 0 radical (unpaired) electrons. The Bertz CT molecular complexity index is 558. The molecule has 6 heteroatoms. The van der Waals surface area contributed by atoms with Crippen molar-refractivity contribution in [3.8, 4) is 0 Å². The Hall–Kier alpha value is -2.11. The molecule has 6 nitrogen and oxygen atoms in total. The van der Waals surface area contributed by atoms with E-state index in [0.29, 0.717) is 28.2 Å². The number of H-pyrrole nitrogens is 1. The van der Waals surface area contributed by atoms with Crippen molar-refractivity contribution in [1.29, 1.82) is 0 Å². The fourth-order valence-electron chi connectivity index (χ4n) is 1.64. The summed E-state index contributed by atoms with van der Waals surface area (Å²) in [7, 11) is 3.72. The van der Waals surface area contributed by atoms with E-state index in [2.05, 4.69) is 15.0 Å². The minimum absolute atomic E-state index is 0.415. The summed E-state index contributed by atoms with van der Waals surface area (Å²) in [5.41, 5.74) is 6.34. The molecule has 0 aliphatic heterocycles. The van der Waals surface area contributed by atoms with Crippen LogP contribution in [0.1, 0.15) is 16.2 Å². The summed E-state index contributed by atoms with van der Waals surface area (Å²) in [5.74, 6) is 0.855. The van der Waals surface area contributed by atoms with Gasteiger partial charge >= 0.3 is 0 Å². The van der Waals surface area contributed by atoms with E-state index in [1.807, 2.05) is 19.0 Å². The first-order valence-electron chi connectivity index (χ1n) is 4.83. The van der Waals surface area contributed by atoms with Crippen molar-refractivity contribution in [2.24, 2.45) is 5.73 Å². The smallest absolute Gasteiger partial charge is 0.251 e. The van der Waals surface area contributed by atoms with E-state index in [9.17, 15) is 4.79 Å². The van der Waals surface area contributed by atoms with Gasteiger partial charge in [-0.15, -0.1) is 0 Å². The summed E-state index contributed by atoms with van der Waals surface area (Å²) < 4.78 is 0. The highest BCUT2D eigenvalue weighted by Gasteiger charge is 2.16. The number of fused-ring (bicyclic) bond motifs is 1. The first-order chi connectivity index (χ1) is 7.50. The molecule has 0 atom stereocenters. The van der Waals surface area contributed by atoms with Crippen LogP contribution in [0.2, 0.25) is 0 Å². The molecule has 2 aromatic heterocycles. The third-order valence-electron chi connectivity index (χ3n) is 2.31. The molecule has 0 bridgehead atoms. The number of nitrogens with one attached hydrogen (secondary N) is 1. The van der Waals surface area contributed by atoms with Crippen LogP contribution >= 0.6 is 0 Å². The van der Waals surface area contributed by atoms with Gasteiger partial charge in [-0.1, -0.05) is 0 Å². The predicted octanol–water partition coefficient (Wildman–Crippen LogP) is 0.431. The van der Waals surface area contributed by atoms with Crippen molar-refractivity contribution in [2.45, 2.75) is 6.92 Å². The first-order valence-corrected chi connectivity index (χ1v) is 4.83. The van der Waals surface area contributed by atoms with Crippen LogP contribution in [0.15, 0.2) is 6.20 Å². The zero-order valence-electron chi connectivity index (χ0n) is 9.40. The molecular formula is C10H13N5O. The number of carbonyl (C=O) groups excluding carboxylic acids is 1. The third kappa shape index (κ3) is 1.48. The molecule has 0 spiro atoms. The van der Waals surface area contributed by atoms with Crippen LogP contribution in [0.25, 0.3) is 11.0 Å². The minimum Gasteiger partial charge on any atom is -0.366 e. The number of amides is 1. The van der Waals surface area contributed by atoms with Crippen molar-refractivity contribution in [3.05, 3.63) is 17.6 Å². The van der Waals surface area contributed by atoms with Crippen LogP contribution in [0.4, 0.5) is 5.82 Å². The fraction of sp³-hybridized carbons (Fsp3) is 0.300. The Morgan fingerprint density at radius 3 is 2.69 bits per heavy atom. The molecule has 2 rings (SSSR count). The number of aryl methyl sites for hydroxylation is 1. The second kappa shape index (κ2) is 3.48. The Morgan fingerprint density at radius 1 is 1.44 bits per heavy atom. The number of anilines is 1. The van der Waals surface area contributed by atoms with Crippen molar-refractivity contribution in [2.75, 3.05) is 19.0 Å². The van der Waals surface area contributed by atoms with Gasteiger partial charge in [0.25, 0.3) is 5.91 Å². The van der Waals surface area contributed by atoms with E-state index in [1.54, 1.807) is 13.1 Å². The number of nitrogens with zero attached hydrogens (tertiary/aromatic N) is 3. The van der Waals surface area contributed by atoms with Gasteiger partial charge in [-0.25, -0.2) is 9.97 Å². The molecule has 3 N–H and O–H groups in total. The fourth-order valence-corrected chi connectivity index (χ4v) is 1.64. The van der Waals surface area contributed by atoms with Gasteiger partial charge < -0.3 is 15.6 Å². The van der Waals surface area contributed by atoms with Crippen LogP contribution in [0.5, 0.6) is 0 Å². The van der Waals surface area contributed by atoms with Crippen LogP contribution in [-0.2, 0) is 0 Å². The number of nitrogens with two attached hydrogens (primary N) is 1. The summed E-state index contributed by atoms with van der Waals surface area (Å²) in [6.07, 6.45) is 1.56. The number of rotatable bonds is 2. The molecule has 0 aromatic carbocycles. The molecule has 0 unspecified atom stereocenters. The summed E-state index contributed by atoms with van der Waals surface area (Å²) in [6.45, 7) is 1.80. The molecule has 0 aliphatic carbocycles. The van der Waals surface area contributed by atoms with Gasteiger partial charge in [0.15, 0.2) is 0 Å². The summed E-state index contributed by atoms with van der Waals surface area (Å²) in [4.78, 5) is 24.5. The summed E-state index contributed by atoms with van der Waals surface area (Å²) in [5, 5.41) is 0.670. The van der Waals surface area contributed by atoms with Gasteiger partial charge in [0.1, 0.15) is 17.3 Å². The molecule has 2 heterocycles. The summed E-state index contributed by atoms with van der Waals surface area (Å²) in [6, 6.07) is 0. The maximum absolute atomic E-state index is 11.3. The van der Waals surface area contributed by atoms with Crippen molar-refractivity contribution in [1.82, 2.24) is 15.0 Å². The number of primary amides is 1. The van der Waals surface area contributed by atoms with Crippen molar-refractivity contribution >= 4 is 22.8 Å². The van der Waals surface area contributed by atoms with Gasteiger partial charge in [0.05, 0.1) is 10.9 Å². The highest BCUT2D eigenvalue weighted by molar-refractivity contribution is 6.09. The zero-order chi connectivity index (χ0) is 11.9. The molecular weight excluding hydrogens is 206 g/mol. The second-order valence-electron chi connectivity index (χ2n) is 3.78. The zero-order valence-corrected chi connectivity index (χ0v) is 9.40. The Kier molecular flexibility index (Phi) is 2.26. The number of hydrogen-bond acceptors (Lipinski definition) is 4. The lowest BCUT2D eigenvalue weighted by molar-refractivity contribution is 0.100. The lowest BCUT2D eigenvalue weighted by Gasteiger charge is -2.13. The molecule has 0 saturated heterocycles. The standard InChI is InChI=1S/C10H13N5O/c1-5-13-9-7(10(14-5)15(2)3)6(4-12-9)8(11)16/h4H,1-3H3,(H2,11,16)(H,12,13,14). The maximum atomic E-state index is 11.3. The van der Waals surface area contributed by atoms with Gasteiger partial charge in [0.2, 0.25) is 0 Å². The number of aromatic nitrogens is 3. The van der Waals surface area contributed by atoms with E-state index in [1.165, 1.54) is 0 Å². The normalized spacial score (nSPS) is 10.7. The average molecular weight is 219 g/mol. The minimum atomic E-state index is -0.484. The Morgan fingerprint density at radius 2 is 2.12 bits per heavy atom. The lowest BCUT2D eigenvalue weighted by atomic mass is 10.2. The first kappa shape index (κ1) is 10.4. The monoisotopic (exact) mass is 219 g/mol. The molecule has 1 amide bonds. The molecule has 0 saturated carbocycles. The molecule has 2 aromatic rings. The lowest BCUT2D eigenvalue weighted by Crippen LogP contribution is -2.15. The Labute approximate surface area is 92.5 Å². The average Bonchev–Trinajstić information content (AvgIpc) is 2.59. The van der Waals surface area contributed by atoms with Gasteiger partial charge in [0, 0.05) is 20.3 Å². The largest absolute Gasteiger partial charge is 0.366 e. The predicted molar refractivity (Wildman–Crippen MR) is 61.5 cm³/mol. The van der Waals surface area contributed by atoms with E-state index in [4.69, 9.17) is 5.73 Å². The van der Waals surface area contributed by atoms with Gasteiger partial charge in [-0.2, -0.15) is 0 Å². The molecule has 16 heavy (non-hydrogen) atoms. The molecule has 0 fully saturated rings. The highest BCUT2D eigenvalue weighted by Crippen LogP contribution is 2.25. The highest BCUT2D eigenvalue weighted by atomic mass is 16.1. The number of hydrogen-bond donors (Lipinski definition) is 2. The van der Waals surface area contributed by atoms with Gasteiger partial charge in [-0.3, -0.25) is 4.79 Å². The van der Waals surface area contributed by atoms with E-state index >= 15 is 0 Å². The van der Waals surface area contributed by atoms with E-state index in [-0.39, 0.29) is 0 Å².